The zero-order valence-electron chi connectivity index (χ0n) is 19.3. The van der Waals surface area contributed by atoms with Crippen LogP contribution < -0.4 is 10.6 Å². The normalized spacial score (nSPS) is 11.5. The van der Waals surface area contributed by atoms with E-state index in [1.165, 1.54) is 0 Å². The van der Waals surface area contributed by atoms with Crippen molar-refractivity contribution in [3.63, 3.8) is 0 Å². The van der Waals surface area contributed by atoms with E-state index in [1.54, 1.807) is 0 Å². The van der Waals surface area contributed by atoms with Crippen LogP contribution in [0.2, 0.25) is 0 Å². The van der Waals surface area contributed by atoms with Crippen LogP contribution in [0.25, 0.3) is 0 Å². The molecule has 1 aromatic heterocycles. The minimum absolute atomic E-state index is 0.110. The number of hydrogen-bond donors (Lipinski definition) is 2. The monoisotopic (exact) mass is 522 g/mol. The maximum Gasteiger partial charge on any atom is 0.455 e. The van der Waals surface area contributed by atoms with E-state index < -0.39 is 40.7 Å². The molecule has 0 aliphatic rings. The van der Waals surface area contributed by atoms with E-state index in [1.807, 2.05) is 91.0 Å². The van der Waals surface area contributed by atoms with Gasteiger partial charge >= 0.3 is 6.18 Å². The van der Waals surface area contributed by atoms with E-state index in [-0.39, 0.29) is 4.88 Å². The van der Waals surface area contributed by atoms with Gasteiger partial charge in [0.25, 0.3) is 11.7 Å². The van der Waals surface area contributed by atoms with Crippen molar-refractivity contribution in [3.8, 4) is 0 Å². The van der Waals surface area contributed by atoms with Gasteiger partial charge in [-0.1, -0.05) is 91.0 Å². The van der Waals surface area contributed by atoms with Crippen LogP contribution in [0.3, 0.4) is 0 Å². The minimum Gasteiger partial charge on any atom is -0.342 e. The number of carbonyl (C=O) groups excluding carboxylic acids is 3. The second-order valence-electron chi connectivity index (χ2n) is 8.07. The average molecular weight is 523 g/mol. The predicted molar refractivity (Wildman–Crippen MR) is 134 cm³/mol. The molecule has 0 bridgehead atoms. The van der Waals surface area contributed by atoms with Crippen LogP contribution >= 0.6 is 11.3 Å². The van der Waals surface area contributed by atoms with Crippen LogP contribution in [0.15, 0.2) is 103 Å². The fraction of sp³-hybridized carbons (Fsp3) is 0.107. The molecule has 0 unspecified atom stereocenters. The van der Waals surface area contributed by atoms with Crippen LogP contribution in [-0.2, 0) is 10.3 Å². The minimum atomic E-state index is -5.03. The van der Waals surface area contributed by atoms with Gasteiger partial charge in [-0.05, 0) is 28.8 Å². The topological polar surface area (TPSA) is 75.3 Å². The van der Waals surface area contributed by atoms with Crippen LogP contribution in [-0.4, -0.2) is 30.3 Å². The smallest absolute Gasteiger partial charge is 0.342 e. The van der Waals surface area contributed by atoms with Crippen molar-refractivity contribution < 1.29 is 27.6 Å². The highest BCUT2D eigenvalue weighted by Crippen LogP contribution is 2.36. The second kappa shape index (κ2) is 10.8. The van der Waals surface area contributed by atoms with Crippen molar-refractivity contribution in [2.24, 2.45) is 0 Å². The van der Waals surface area contributed by atoms with Gasteiger partial charge in [-0.25, -0.2) is 0 Å². The largest absolute Gasteiger partial charge is 0.455 e. The number of alkyl halides is 3. The van der Waals surface area contributed by atoms with Crippen LogP contribution in [0.4, 0.5) is 13.2 Å². The lowest BCUT2D eigenvalue weighted by atomic mass is 9.77. The molecule has 0 spiro atoms. The van der Waals surface area contributed by atoms with E-state index in [4.69, 9.17) is 0 Å². The van der Waals surface area contributed by atoms with Gasteiger partial charge in [0.1, 0.15) is 5.54 Å². The first-order chi connectivity index (χ1) is 17.7. The highest BCUT2D eigenvalue weighted by molar-refractivity contribution is 7.16. The van der Waals surface area contributed by atoms with Gasteiger partial charge in [0, 0.05) is 0 Å². The van der Waals surface area contributed by atoms with Gasteiger partial charge in [0.05, 0.1) is 16.3 Å². The molecule has 0 saturated heterocycles. The van der Waals surface area contributed by atoms with Crippen LogP contribution in [0, 0.1) is 0 Å². The molecule has 4 aromatic rings. The Morgan fingerprint density at radius 2 is 1.08 bits per heavy atom. The molecule has 0 fully saturated rings. The van der Waals surface area contributed by atoms with E-state index in [9.17, 15) is 27.6 Å². The van der Waals surface area contributed by atoms with Crippen molar-refractivity contribution in [1.29, 1.82) is 0 Å². The van der Waals surface area contributed by atoms with E-state index in [0.29, 0.717) is 11.3 Å². The molecule has 3 aromatic carbocycles. The maximum absolute atomic E-state index is 13.2. The molecule has 0 aliphatic carbocycles. The van der Waals surface area contributed by atoms with Gasteiger partial charge in [0.2, 0.25) is 5.91 Å². The number of amides is 2. The van der Waals surface area contributed by atoms with E-state index in [2.05, 4.69) is 10.6 Å². The number of halogens is 3. The summed E-state index contributed by atoms with van der Waals surface area (Å²) in [4.78, 5) is 36.5. The van der Waals surface area contributed by atoms with Crippen molar-refractivity contribution in [2.75, 3.05) is 6.54 Å². The molecule has 2 N–H and O–H groups in total. The Balaban J connectivity index is 1.60. The Morgan fingerprint density at radius 3 is 1.51 bits per heavy atom. The molecule has 5 nitrogen and oxygen atoms in total. The lowest BCUT2D eigenvalue weighted by molar-refractivity contribution is -0.121. The number of rotatable bonds is 8. The zero-order valence-corrected chi connectivity index (χ0v) is 20.1. The molecule has 0 radical (unpaired) electrons. The van der Waals surface area contributed by atoms with Crippen molar-refractivity contribution in [3.05, 3.63) is 130 Å². The van der Waals surface area contributed by atoms with Gasteiger partial charge < -0.3 is 10.6 Å². The first kappa shape index (κ1) is 25.8. The lowest BCUT2D eigenvalue weighted by Gasteiger charge is -2.37. The maximum atomic E-state index is 13.2. The molecule has 2 amide bonds. The number of ketones is 1. The number of Topliss-reactive ketones (excluding diaryl/α,β-unsaturated/α-hetero) is 1. The number of thiophene rings is 1. The number of carbonyl (C=O) groups is 3. The van der Waals surface area contributed by atoms with Crippen LogP contribution in [0.1, 0.15) is 36.0 Å². The Kier molecular flexibility index (Phi) is 7.54. The lowest BCUT2D eigenvalue weighted by Crippen LogP contribution is -2.50. The summed E-state index contributed by atoms with van der Waals surface area (Å²) in [5.74, 6) is -3.30. The number of benzene rings is 3. The quantitative estimate of drug-likeness (QED) is 0.243. The van der Waals surface area contributed by atoms with Gasteiger partial charge in [-0.15, -0.1) is 11.3 Å². The third kappa shape index (κ3) is 5.62. The molecule has 0 atom stereocenters. The number of hydrogen-bond acceptors (Lipinski definition) is 4. The van der Waals surface area contributed by atoms with Crippen molar-refractivity contribution in [2.45, 2.75) is 11.7 Å². The molecule has 188 valence electrons. The molecular formula is C28H21F3N2O3S. The average Bonchev–Trinajstić information content (AvgIpc) is 3.41. The summed E-state index contributed by atoms with van der Waals surface area (Å²) in [7, 11) is 0. The summed E-state index contributed by atoms with van der Waals surface area (Å²) in [6.45, 7) is -0.437. The zero-order chi connectivity index (χ0) is 26.5. The molecule has 4 rings (SSSR count). The Bertz CT molecular complexity index is 1290. The molecular weight excluding hydrogens is 501 g/mol. The highest BCUT2D eigenvalue weighted by Gasteiger charge is 2.40. The molecule has 9 heteroatoms. The van der Waals surface area contributed by atoms with Crippen molar-refractivity contribution in [1.82, 2.24) is 10.6 Å². The number of nitrogens with one attached hydrogen (secondary N) is 2. The predicted octanol–water partition coefficient (Wildman–Crippen LogP) is 5.33. The van der Waals surface area contributed by atoms with E-state index in [0.717, 1.165) is 28.8 Å². The second-order valence-corrected chi connectivity index (χ2v) is 9.15. The molecule has 0 aliphatic heterocycles. The Hall–Kier alpha value is -4.24. The Morgan fingerprint density at radius 1 is 0.649 bits per heavy atom. The fourth-order valence-electron chi connectivity index (χ4n) is 4.00. The molecule has 0 saturated carbocycles. The first-order valence-corrected chi connectivity index (χ1v) is 12.0. The fourth-order valence-corrected chi connectivity index (χ4v) is 4.89. The van der Waals surface area contributed by atoms with Crippen molar-refractivity contribution >= 4 is 28.9 Å². The first-order valence-electron chi connectivity index (χ1n) is 11.2. The summed E-state index contributed by atoms with van der Waals surface area (Å²) in [6.07, 6.45) is -5.03. The summed E-state index contributed by atoms with van der Waals surface area (Å²) < 4.78 is 38.0. The van der Waals surface area contributed by atoms with E-state index >= 15 is 0 Å². The van der Waals surface area contributed by atoms with Gasteiger partial charge in [-0.3, -0.25) is 14.4 Å². The summed E-state index contributed by atoms with van der Waals surface area (Å²) in [5, 5.41) is 5.51. The van der Waals surface area contributed by atoms with Gasteiger partial charge in [-0.2, -0.15) is 13.2 Å². The third-order valence-corrected chi connectivity index (χ3v) is 6.75. The molecule has 1 heterocycles. The molecule has 37 heavy (non-hydrogen) atoms. The SMILES string of the molecule is O=C(CNC(=O)c1ccc(C(=O)C(F)(F)F)s1)NC(c1ccccc1)(c1ccccc1)c1ccccc1. The summed E-state index contributed by atoms with van der Waals surface area (Å²) in [6, 6.07) is 30.2. The van der Waals surface area contributed by atoms with Crippen LogP contribution in [0.5, 0.6) is 0 Å². The third-order valence-electron chi connectivity index (χ3n) is 5.67. The highest BCUT2D eigenvalue weighted by atomic mass is 32.1. The summed E-state index contributed by atoms with van der Waals surface area (Å²) in [5.41, 5.74) is 1.29. The standard InChI is InChI=1S/C28H21F3N2O3S/c29-28(30,31)25(35)22-16-17-23(37-22)26(36)32-18-24(34)33-27(19-10-4-1-5-11-19,20-12-6-2-7-13-20)21-14-8-3-9-15-21/h1-17H,18H2,(H,32,36)(H,33,34). The van der Waals surface area contributed by atoms with Gasteiger partial charge in [0.15, 0.2) is 0 Å². The Labute approximate surface area is 215 Å². The summed E-state index contributed by atoms with van der Waals surface area (Å²) >= 11 is 0.418.